The standard InChI is InChI=1S/C20H21N3O4S/c1-28(25,26)23(18-11-5-7-16-8-6-12-22-20(16)18)14-13-21-19(24)15-27-17-9-3-2-4-10-17/h2-12H,13-15H2,1H3,(H,21,24). The molecule has 1 aromatic heterocycles. The van der Waals surface area contributed by atoms with Gasteiger partial charge < -0.3 is 10.1 Å². The van der Waals surface area contributed by atoms with E-state index < -0.39 is 10.0 Å². The third-order valence-electron chi connectivity index (χ3n) is 4.03. The van der Waals surface area contributed by atoms with Gasteiger partial charge >= 0.3 is 0 Å². The number of benzene rings is 2. The first-order chi connectivity index (χ1) is 13.4. The quantitative estimate of drug-likeness (QED) is 0.627. The number of amides is 1. The molecule has 7 nitrogen and oxygen atoms in total. The van der Waals surface area contributed by atoms with Crippen LogP contribution >= 0.6 is 0 Å². The number of nitrogens with zero attached hydrogens (tertiary/aromatic N) is 2. The van der Waals surface area contributed by atoms with E-state index >= 15 is 0 Å². The summed E-state index contributed by atoms with van der Waals surface area (Å²) < 4.78 is 31.3. The zero-order chi connectivity index (χ0) is 20.0. The molecule has 0 aliphatic heterocycles. The predicted octanol–water partition coefficient (Wildman–Crippen LogP) is 2.20. The number of para-hydroxylation sites is 2. The van der Waals surface area contributed by atoms with Crippen LogP contribution in [0.25, 0.3) is 10.9 Å². The van der Waals surface area contributed by atoms with Crippen LogP contribution in [0.1, 0.15) is 0 Å². The third-order valence-corrected chi connectivity index (χ3v) is 5.21. The molecule has 3 rings (SSSR count). The molecule has 0 bridgehead atoms. The molecule has 0 atom stereocenters. The largest absolute Gasteiger partial charge is 0.484 e. The normalized spacial score (nSPS) is 11.2. The maximum absolute atomic E-state index is 12.3. The van der Waals surface area contributed by atoms with Crippen LogP contribution in [0.4, 0.5) is 5.69 Å². The Morgan fingerprint density at radius 1 is 1.07 bits per heavy atom. The lowest BCUT2D eigenvalue weighted by atomic mass is 10.2. The van der Waals surface area contributed by atoms with E-state index in [-0.39, 0.29) is 25.6 Å². The van der Waals surface area contributed by atoms with E-state index in [1.165, 1.54) is 4.31 Å². The molecule has 1 heterocycles. The highest BCUT2D eigenvalue weighted by atomic mass is 32.2. The first-order valence-corrected chi connectivity index (χ1v) is 10.6. The molecule has 1 N–H and O–H groups in total. The number of rotatable bonds is 8. The Morgan fingerprint density at radius 2 is 1.82 bits per heavy atom. The number of nitrogens with one attached hydrogen (secondary N) is 1. The molecule has 1 amide bonds. The highest BCUT2D eigenvalue weighted by Crippen LogP contribution is 2.26. The minimum Gasteiger partial charge on any atom is -0.484 e. The minimum absolute atomic E-state index is 0.0889. The maximum atomic E-state index is 12.3. The van der Waals surface area contributed by atoms with Crippen LogP contribution in [-0.2, 0) is 14.8 Å². The van der Waals surface area contributed by atoms with Gasteiger partial charge in [-0.1, -0.05) is 36.4 Å². The van der Waals surface area contributed by atoms with Gasteiger partial charge in [0.2, 0.25) is 10.0 Å². The first kappa shape index (κ1) is 19.6. The molecule has 3 aromatic rings. The van der Waals surface area contributed by atoms with Crippen LogP contribution in [0, 0.1) is 0 Å². The molecule has 0 spiro atoms. The number of hydrogen-bond acceptors (Lipinski definition) is 5. The van der Waals surface area contributed by atoms with Gasteiger partial charge in [0, 0.05) is 18.1 Å². The molecule has 0 radical (unpaired) electrons. The van der Waals surface area contributed by atoms with E-state index in [0.29, 0.717) is 17.0 Å². The van der Waals surface area contributed by atoms with Crippen molar-refractivity contribution in [1.29, 1.82) is 0 Å². The Morgan fingerprint density at radius 3 is 2.57 bits per heavy atom. The van der Waals surface area contributed by atoms with Gasteiger partial charge in [-0.05, 0) is 24.3 Å². The molecule has 0 unspecified atom stereocenters. The summed E-state index contributed by atoms with van der Waals surface area (Å²) in [5, 5.41) is 3.52. The molecular weight excluding hydrogens is 378 g/mol. The Kier molecular flexibility index (Phi) is 6.10. The van der Waals surface area contributed by atoms with Gasteiger partial charge in [-0.15, -0.1) is 0 Å². The fraction of sp³-hybridized carbons (Fsp3) is 0.200. The van der Waals surface area contributed by atoms with Crippen LogP contribution < -0.4 is 14.4 Å². The number of sulfonamides is 1. The van der Waals surface area contributed by atoms with E-state index in [1.54, 1.807) is 36.5 Å². The Labute approximate surface area is 164 Å². The zero-order valence-corrected chi connectivity index (χ0v) is 16.2. The summed E-state index contributed by atoms with van der Waals surface area (Å²) in [6.07, 6.45) is 2.75. The Balaban J connectivity index is 1.65. The second-order valence-electron chi connectivity index (χ2n) is 6.14. The second-order valence-corrected chi connectivity index (χ2v) is 8.05. The zero-order valence-electron chi connectivity index (χ0n) is 15.4. The molecule has 2 aromatic carbocycles. The van der Waals surface area contributed by atoms with Crippen molar-refractivity contribution in [2.24, 2.45) is 0 Å². The number of carbonyl (C=O) groups is 1. The van der Waals surface area contributed by atoms with Crippen molar-refractivity contribution < 1.29 is 17.9 Å². The van der Waals surface area contributed by atoms with Crippen molar-refractivity contribution in [3.8, 4) is 5.75 Å². The number of ether oxygens (including phenoxy) is 1. The SMILES string of the molecule is CS(=O)(=O)N(CCNC(=O)COc1ccccc1)c1cccc2cccnc12. The maximum Gasteiger partial charge on any atom is 0.258 e. The van der Waals surface area contributed by atoms with E-state index in [9.17, 15) is 13.2 Å². The molecule has 0 aliphatic carbocycles. The summed E-state index contributed by atoms with van der Waals surface area (Å²) in [4.78, 5) is 16.3. The van der Waals surface area contributed by atoms with Crippen LogP contribution in [0.2, 0.25) is 0 Å². The van der Waals surface area contributed by atoms with Gasteiger partial charge in [0.25, 0.3) is 5.91 Å². The van der Waals surface area contributed by atoms with Gasteiger partial charge in [-0.25, -0.2) is 8.42 Å². The highest BCUT2D eigenvalue weighted by molar-refractivity contribution is 7.92. The number of hydrogen-bond donors (Lipinski definition) is 1. The van der Waals surface area contributed by atoms with Crippen LogP contribution in [0.3, 0.4) is 0 Å². The third kappa shape index (κ3) is 4.98. The Hall–Kier alpha value is -3.13. The van der Waals surface area contributed by atoms with Crippen molar-refractivity contribution in [1.82, 2.24) is 10.3 Å². The summed E-state index contributed by atoms with van der Waals surface area (Å²) in [5.41, 5.74) is 1.07. The van der Waals surface area contributed by atoms with Crippen LogP contribution in [0.5, 0.6) is 5.75 Å². The van der Waals surface area contributed by atoms with Gasteiger partial charge in [-0.2, -0.15) is 0 Å². The summed E-state index contributed by atoms with van der Waals surface area (Å²) in [6, 6.07) is 18.0. The topological polar surface area (TPSA) is 88.6 Å². The average Bonchev–Trinajstić information content (AvgIpc) is 2.69. The fourth-order valence-electron chi connectivity index (χ4n) is 2.77. The van der Waals surface area contributed by atoms with Crippen molar-refractivity contribution >= 4 is 32.5 Å². The second kappa shape index (κ2) is 8.71. The van der Waals surface area contributed by atoms with E-state index in [1.807, 2.05) is 30.3 Å². The summed E-state index contributed by atoms with van der Waals surface area (Å²) >= 11 is 0. The van der Waals surface area contributed by atoms with Crippen molar-refractivity contribution in [3.63, 3.8) is 0 Å². The molecule has 146 valence electrons. The van der Waals surface area contributed by atoms with E-state index in [2.05, 4.69) is 10.3 Å². The van der Waals surface area contributed by atoms with Crippen molar-refractivity contribution in [3.05, 3.63) is 66.9 Å². The van der Waals surface area contributed by atoms with E-state index in [4.69, 9.17) is 4.74 Å². The molecule has 28 heavy (non-hydrogen) atoms. The number of anilines is 1. The lowest BCUT2D eigenvalue weighted by Crippen LogP contribution is -2.39. The predicted molar refractivity (Wildman–Crippen MR) is 109 cm³/mol. The molecule has 0 saturated carbocycles. The average molecular weight is 399 g/mol. The summed E-state index contributed by atoms with van der Waals surface area (Å²) in [6.45, 7) is 0.0948. The minimum atomic E-state index is -3.55. The molecule has 0 fully saturated rings. The summed E-state index contributed by atoms with van der Waals surface area (Å²) in [7, 11) is -3.55. The van der Waals surface area contributed by atoms with E-state index in [0.717, 1.165) is 11.6 Å². The highest BCUT2D eigenvalue weighted by Gasteiger charge is 2.20. The Bertz CT molecular complexity index is 1050. The molecular formula is C20H21N3O4S. The van der Waals surface area contributed by atoms with Gasteiger partial charge in [-0.3, -0.25) is 14.1 Å². The first-order valence-electron chi connectivity index (χ1n) is 8.71. The van der Waals surface area contributed by atoms with Gasteiger partial charge in [0.05, 0.1) is 24.0 Å². The van der Waals surface area contributed by atoms with Crippen molar-refractivity contribution in [2.75, 3.05) is 30.3 Å². The van der Waals surface area contributed by atoms with Gasteiger partial charge in [0.1, 0.15) is 5.75 Å². The summed E-state index contributed by atoms with van der Waals surface area (Å²) in [5.74, 6) is 0.269. The fourth-order valence-corrected chi connectivity index (χ4v) is 3.70. The molecule has 8 heteroatoms. The van der Waals surface area contributed by atoms with Crippen LogP contribution in [0.15, 0.2) is 66.9 Å². The monoisotopic (exact) mass is 399 g/mol. The van der Waals surface area contributed by atoms with Crippen LogP contribution in [-0.4, -0.2) is 45.3 Å². The number of aromatic nitrogens is 1. The number of carbonyl (C=O) groups excluding carboxylic acids is 1. The lowest BCUT2D eigenvalue weighted by Gasteiger charge is -2.23. The smallest absolute Gasteiger partial charge is 0.258 e. The lowest BCUT2D eigenvalue weighted by molar-refractivity contribution is -0.123. The number of fused-ring (bicyclic) bond motifs is 1. The molecule has 0 saturated heterocycles. The van der Waals surface area contributed by atoms with Gasteiger partial charge in [0.15, 0.2) is 6.61 Å². The number of pyridine rings is 1. The molecule has 0 aliphatic rings. The van der Waals surface area contributed by atoms with Crippen molar-refractivity contribution in [2.45, 2.75) is 0 Å².